The topological polar surface area (TPSA) is 135 Å². The van der Waals surface area contributed by atoms with Crippen molar-refractivity contribution in [2.24, 2.45) is 0 Å². The van der Waals surface area contributed by atoms with Gasteiger partial charge >= 0.3 is 11.9 Å². The van der Waals surface area contributed by atoms with Crippen molar-refractivity contribution < 1.29 is 47.0 Å². The molecule has 0 unspecified atom stereocenters. The van der Waals surface area contributed by atoms with E-state index < -0.39 is 46.8 Å². The van der Waals surface area contributed by atoms with Crippen LogP contribution in [-0.2, 0) is 25.7 Å². The number of aliphatic carboxylic acids is 1. The third kappa shape index (κ3) is 4.99. The zero-order valence-corrected chi connectivity index (χ0v) is 18.9. The number of esters is 1. The van der Waals surface area contributed by atoms with Gasteiger partial charge in [0, 0.05) is 24.3 Å². The Balaban J connectivity index is 1.38. The fraction of sp³-hybridized carbons (Fsp3) is 0.273. The average Bonchev–Trinajstić information content (AvgIpc) is 3.28. The van der Waals surface area contributed by atoms with E-state index in [-0.39, 0.29) is 47.5 Å². The van der Waals surface area contributed by atoms with Crippen molar-refractivity contribution in [3.63, 3.8) is 0 Å². The van der Waals surface area contributed by atoms with E-state index in [2.05, 4.69) is 5.32 Å². The SMILES string of the molecule is CC(=O)OCC1=C(C(=O)O)N2C(=O)[C@@H](NC(=O)c3ccc(COc4ccc(F)cc4F)o3)[C@H]2SC1. The van der Waals surface area contributed by atoms with Gasteiger partial charge in [-0.25, -0.2) is 13.6 Å². The molecule has 1 fully saturated rings. The molecule has 1 saturated heterocycles. The van der Waals surface area contributed by atoms with Crippen LogP contribution in [0.3, 0.4) is 0 Å². The number of rotatable bonds is 8. The molecule has 2 aliphatic heterocycles. The standard InChI is InChI=1S/C22H18F2N2O8S/c1-10(27)32-7-11-9-35-21-17(20(29)26(21)18(11)22(30)31)25-19(28)16-5-3-13(34-16)8-33-15-4-2-12(23)6-14(15)24/h2-6,17,21H,7-9H2,1H3,(H,25,28)(H,30,31)/t17-,21-/m1/s1. The Morgan fingerprint density at radius 3 is 2.69 bits per heavy atom. The summed E-state index contributed by atoms with van der Waals surface area (Å²) >= 11 is 1.22. The van der Waals surface area contributed by atoms with Gasteiger partial charge in [0.1, 0.15) is 41.9 Å². The van der Waals surface area contributed by atoms with Gasteiger partial charge in [-0.2, -0.15) is 0 Å². The number of halogens is 2. The summed E-state index contributed by atoms with van der Waals surface area (Å²) in [5.74, 6) is -4.87. The molecule has 2 N–H and O–H groups in total. The van der Waals surface area contributed by atoms with Crippen LogP contribution in [0.2, 0.25) is 0 Å². The number of carbonyl (C=O) groups is 4. The van der Waals surface area contributed by atoms with Crippen molar-refractivity contribution in [3.05, 3.63) is 64.8 Å². The van der Waals surface area contributed by atoms with Gasteiger partial charge in [-0.3, -0.25) is 19.3 Å². The third-order valence-electron chi connectivity index (χ3n) is 5.14. The van der Waals surface area contributed by atoms with Crippen LogP contribution in [0.1, 0.15) is 23.2 Å². The largest absolute Gasteiger partial charge is 0.483 e. The minimum atomic E-state index is -1.34. The summed E-state index contributed by atoms with van der Waals surface area (Å²) in [4.78, 5) is 49.1. The molecule has 1 aromatic carbocycles. The summed E-state index contributed by atoms with van der Waals surface area (Å²) < 4.78 is 42.1. The normalized spacial score (nSPS) is 19.1. The maximum absolute atomic E-state index is 13.7. The fourth-order valence-corrected chi connectivity index (χ4v) is 4.84. The van der Waals surface area contributed by atoms with E-state index in [1.165, 1.54) is 30.8 Å². The molecule has 2 atom stereocenters. The number of nitrogens with one attached hydrogen (secondary N) is 1. The second-order valence-corrected chi connectivity index (χ2v) is 8.63. The van der Waals surface area contributed by atoms with E-state index in [4.69, 9.17) is 13.9 Å². The molecule has 3 heterocycles. The molecule has 0 radical (unpaired) electrons. The molecule has 0 aliphatic carbocycles. The monoisotopic (exact) mass is 508 g/mol. The van der Waals surface area contributed by atoms with Crippen LogP contribution in [-0.4, -0.2) is 57.5 Å². The Morgan fingerprint density at radius 1 is 1.23 bits per heavy atom. The smallest absolute Gasteiger partial charge is 0.352 e. The number of hydrogen-bond donors (Lipinski definition) is 2. The van der Waals surface area contributed by atoms with Crippen molar-refractivity contribution in [2.75, 3.05) is 12.4 Å². The summed E-state index contributed by atoms with van der Waals surface area (Å²) in [6, 6.07) is 4.59. The van der Waals surface area contributed by atoms with Crippen LogP contribution in [0.5, 0.6) is 5.75 Å². The molecule has 0 spiro atoms. The highest BCUT2D eigenvalue weighted by atomic mass is 32.2. The van der Waals surface area contributed by atoms with Crippen LogP contribution in [0.15, 0.2) is 46.0 Å². The number of ether oxygens (including phenoxy) is 2. The van der Waals surface area contributed by atoms with E-state index in [1.54, 1.807) is 0 Å². The lowest BCUT2D eigenvalue weighted by atomic mass is 10.0. The molecular formula is C22H18F2N2O8S. The summed E-state index contributed by atoms with van der Waals surface area (Å²) in [7, 11) is 0. The Hall–Kier alpha value is -3.87. The van der Waals surface area contributed by atoms with Gasteiger partial charge in [0.25, 0.3) is 11.8 Å². The first-order valence-electron chi connectivity index (χ1n) is 10.2. The number of hydrogen-bond acceptors (Lipinski definition) is 8. The van der Waals surface area contributed by atoms with Crippen LogP contribution in [0.4, 0.5) is 8.78 Å². The Labute approximate surface area is 200 Å². The molecule has 0 saturated carbocycles. The lowest BCUT2D eigenvalue weighted by Gasteiger charge is -2.49. The first-order chi connectivity index (χ1) is 16.7. The molecule has 13 heteroatoms. The molecule has 184 valence electrons. The van der Waals surface area contributed by atoms with Crippen LogP contribution < -0.4 is 10.1 Å². The van der Waals surface area contributed by atoms with Gasteiger partial charge in [-0.1, -0.05) is 0 Å². The van der Waals surface area contributed by atoms with Gasteiger partial charge in [0.2, 0.25) is 0 Å². The quantitative estimate of drug-likeness (QED) is 0.406. The lowest BCUT2D eigenvalue weighted by Crippen LogP contribution is -2.70. The Bertz CT molecular complexity index is 1240. The van der Waals surface area contributed by atoms with E-state index >= 15 is 0 Å². The van der Waals surface area contributed by atoms with Gasteiger partial charge in [0.15, 0.2) is 17.3 Å². The maximum atomic E-state index is 13.7. The fourth-order valence-electron chi connectivity index (χ4n) is 3.51. The predicted octanol–water partition coefficient (Wildman–Crippen LogP) is 2.05. The van der Waals surface area contributed by atoms with Crippen molar-refractivity contribution >= 4 is 35.5 Å². The van der Waals surface area contributed by atoms with Crippen LogP contribution in [0, 0.1) is 11.6 Å². The first-order valence-corrected chi connectivity index (χ1v) is 11.2. The zero-order valence-electron chi connectivity index (χ0n) is 18.1. The van der Waals surface area contributed by atoms with Crippen molar-refractivity contribution in [2.45, 2.75) is 24.9 Å². The number of amides is 2. The van der Waals surface area contributed by atoms with E-state index in [9.17, 15) is 33.1 Å². The van der Waals surface area contributed by atoms with Gasteiger partial charge in [-0.15, -0.1) is 11.8 Å². The molecule has 2 aromatic rings. The van der Waals surface area contributed by atoms with Crippen LogP contribution >= 0.6 is 11.8 Å². The molecule has 2 amide bonds. The molecule has 35 heavy (non-hydrogen) atoms. The van der Waals surface area contributed by atoms with E-state index in [0.717, 1.165) is 17.0 Å². The average molecular weight is 508 g/mol. The Kier molecular flexibility index (Phi) is 6.78. The molecule has 1 aromatic heterocycles. The number of carbonyl (C=O) groups excluding carboxylic acids is 3. The summed E-state index contributed by atoms with van der Waals surface area (Å²) in [6.45, 7) is 0.701. The van der Waals surface area contributed by atoms with Gasteiger partial charge in [0.05, 0.1) is 0 Å². The predicted molar refractivity (Wildman–Crippen MR) is 115 cm³/mol. The minimum absolute atomic E-state index is 0.139. The van der Waals surface area contributed by atoms with Crippen LogP contribution in [0.25, 0.3) is 0 Å². The number of carboxylic acids is 1. The second kappa shape index (κ2) is 9.78. The van der Waals surface area contributed by atoms with Gasteiger partial charge < -0.3 is 24.3 Å². The molecule has 2 aliphatic rings. The molecule has 10 nitrogen and oxygen atoms in total. The van der Waals surface area contributed by atoms with Crippen molar-refractivity contribution in [3.8, 4) is 5.75 Å². The highest BCUT2D eigenvalue weighted by Gasteiger charge is 2.54. The highest BCUT2D eigenvalue weighted by Crippen LogP contribution is 2.40. The number of furan rings is 1. The van der Waals surface area contributed by atoms with Crippen molar-refractivity contribution in [1.82, 2.24) is 10.2 Å². The van der Waals surface area contributed by atoms with E-state index in [1.807, 2.05) is 0 Å². The summed E-state index contributed by atoms with van der Waals surface area (Å²) in [5, 5.41) is 11.4. The summed E-state index contributed by atoms with van der Waals surface area (Å²) in [5.41, 5.74) is 0.0105. The first kappa shape index (κ1) is 24.3. The third-order valence-corrected chi connectivity index (χ3v) is 6.48. The molecule has 0 bridgehead atoms. The number of benzene rings is 1. The minimum Gasteiger partial charge on any atom is -0.483 e. The number of carboxylic acid groups (broad SMARTS) is 1. The molecular weight excluding hydrogens is 490 g/mol. The number of β-lactam (4-membered cyclic amide) rings is 1. The highest BCUT2D eigenvalue weighted by molar-refractivity contribution is 8.00. The Morgan fingerprint density at radius 2 is 2.00 bits per heavy atom. The van der Waals surface area contributed by atoms with Gasteiger partial charge in [-0.05, 0) is 24.3 Å². The second-order valence-electron chi connectivity index (χ2n) is 7.53. The lowest BCUT2D eigenvalue weighted by molar-refractivity contribution is -0.149. The number of nitrogens with zero attached hydrogens (tertiary/aromatic N) is 1. The van der Waals surface area contributed by atoms with E-state index in [0.29, 0.717) is 6.07 Å². The maximum Gasteiger partial charge on any atom is 0.352 e. The number of fused-ring (bicyclic) bond motifs is 1. The summed E-state index contributed by atoms with van der Waals surface area (Å²) in [6.07, 6.45) is 0. The molecule has 4 rings (SSSR count). The number of thioether (sulfide) groups is 1. The van der Waals surface area contributed by atoms with Crippen molar-refractivity contribution in [1.29, 1.82) is 0 Å². The zero-order chi connectivity index (χ0) is 25.3.